The summed E-state index contributed by atoms with van der Waals surface area (Å²) >= 11 is 0. The van der Waals surface area contributed by atoms with Crippen LogP contribution in [0.25, 0.3) is 0 Å². The molecule has 0 aliphatic carbocycles. The minimum atomic E-state index is -0.948. The van der Waals surface area contributed by atoms with Crippen molar-refractivity contribution in [3.63, 3.8) is 0 Å². The van der Waals surface area contributed by atoms with Crippen molar-refractivity contribution in [2.45, 2.75) is 38.9 Å². The molecule has 0 amide bonds. The molecule has 1 aromatic rings. The summed E-state index contributed by atoms with van der Waals surface area (Å²) in [4.78, 5) is 11.1. The molecule has 1 unspecified atom stereocenters. The van der Waals surface area contributed by atoms with Crippen LogP contribution in [0.4, 0.5) is 0 Å². The number of carboxylic acid groups (broad SMARTS) is 1. The number of benzene rings is 1. The molecule has 1 aromatic carbocycles. The van der Waals surface area contributed by atoms with Gasteiger partial charge < -0.3 is 14.9 Å². The lowest BCUT2D eigenvalue weighted by molar-refractivity contribution is -0.153. The molecule has 4 heteroatoms. The maximum Gasteiger partial charge on any atom is 0.333 e. The van der Waals surface area contributed by atoms with Gasteiger partial charge in [0.05, 0.1) is 6.10 Å². The van der Waals surface area contributed by atoms with Gasteiger partial charge in [-0.05, 0) is 31.4 Å². The molecular formula is C14H20O4. The van der Waals surface area contributed by atoms with Crippen molar-refractivity contribution >= 4 is 5.97 Å². The Balaban J connectivity index is 2.73. The number of carbonyl (C=O) groups is 1. The SMILES string of the molecule is CC(C)OC(Cc1cccc(CCO)c1)C(=O)O. The normalized spacial score (nSPS) is 12.7. The fourth-order valence-corrected chi connectivity index (χ4v) is 1.78. The number of hydrogen-bond donors (Lipinski definition) is 2. The molecule has 18 heavy (non-hydrogen) atoms. The number of ether oxygens (including phenoxy) is 1. The Kier molecular flexibility index (Phi) is 5.82. The fourth-order valence-electron chi connectivity index (χ4n) is 1.78. The van der Waals surface area contributed by atoms with Gasteiger partial charge in [-0.15, -0.1) is 0 Å². The maximum atomic E-state index is 11.1. The van der Waals surface area contributed by atoms with Gasteiger partial charge in [0, 0.05) is 13.0 Å². The number of aliphatic hydroxyl groups is 1. The van der Waals surface area contributed by atoms with Gasteiger partial charge in [-0.1, -0.05) is 24.3 Å². The number of carboxylic acids is 1. The third-order valence-electron chi connectivity index (χ3n) is 2.52. The first kappa shape index (κ1) is 14.7. The third-order valence-corrected chi connectivity index (χ3v) is 2.52. The lowest BCUT2D eigenvalue weighted by atomic mass is 10.0. The van der Waals surface area contributed by atoms with Crippen LogP contribution in [0.15, 0.2) is 24.3 Å². The van der Waals surface area contributed by atoms with E-state index in [4.69, 9.17) is 14.9 Å². The highest BCUT2D eigenvalue weighted by molar-refractivity contribution is 5.72. The predicted molar refractivity (Wildman–Crippen MR) is 68.6 cm³/mol. The van der Waals surface area contributed by atoms with E-state index in [9.17, 15) is 4.79 Å². The minimum absolute atomic E-state index is 0.0916. The van der Waals surface area contributed by atoms with Crippen molar-refractivity contribution in [3.8, 4) is 0 Å². The maximum absolute atomic E-state index is 11.1. The molecule has 0 aromatic heterocycles. The van der Waals surface area contributed by atoms with Gasteiger partial charge in [0.1, 0.15) is 0 Å². The van der Waals surface area contributed by atoms with E-state index >= 15 is 0 Å². The molecule has 0 fully saturated rings. The minimum Gasteiger partial charge on any atom is -0.479 e. The molecule has 0 saturated heterocycles. The summed E-state index contributed by atoms with van der Waals surface area (Å²) in [5.41, 5.74) is 1.91. The molecule has 1 rings (SSSR count). The Morgan fingerprint density at radius 2 is 2.00 bits per heavy atom. The lowest BCUT2D eigenvalue weighted by Gasteiger charge is -2.16. The van der Waals surface area contributed by atoms with Gasteiger partial charge >= 0.3 is 5.97 Å². The van der Waals surface area contributed by atoms with E-state index in [2.05, 4.69) is 0 Å². The van der Waals surface area contributed by atoms with Crippen LogP contribution in [0.3, 0.4) is 0 Å². The van der Waals surface area contributed by atoms with Crippen LogP contribution in [0.5, 0.6) is 0 Å². The second-order valence-corrected chi connectivity index (χ2v) is 4.51. The highest BCUT2D eigenvalue weighted by Gasteiger charge is 2.20. The van der Waals surface area contributed by atoms with Gasteiger partial charge in [0.15, 0.2) is 6.10 Å². The van der Waals surface area contributed by atoms with Crippen molar-refractivity contribution in [3.05, 3.63) is 35.4 Å². The van der Waals surface area contributed by atoms with Crippen LogP contribution in [-0.2, 0) is 22.4 Å². The van der Waals surface area contributed by atoms with Crippen LogP contribution in [0.2, 0.25) is 0 Å². The average Bonchev–Trinajstić information content (AvgIpc) is 2.28. The molecule has 0 bridgehead atoms. The molecule has 100 valence electrons. The third kappa shape index (κ3) is 4.85. The molecule has 0 radical (unpaired) electrons. The van der Waals surface area contributed by atoms with Crippen LogP contribution in [0, 0.1) is 0 Å². The molecule has 0 spiro atoms. The largest absolute Gasteiger partial charge is 0.479 e. The molecule has 0 saturated carbocycles. The molecule has 0 heterocycles. The van der Waals surface area contributed by atoms with Gasteiger partial charge in [-0.25, -0.2) is 4.79 Å². The van der Waals surface area contributed by atoms with E-state index in [0.717, 1.165) is 11.1 Å². The highest BCUT2D eigenvalue weighted by atomic mass is 16.5. The van der Waals surface area contributed by atoms with Crippen LogP contribution < -0.4 is 0 Å². The first-order valence-corrected chi connectivity index (χ1v) is 6.10. The number of aliphatic hydroxyl groups excluding tert-OH is 1. The standard InChI is InChI=1S/C14H20O4/c1-10(2)18-13(14(16)17)9-12-5-3-4-11(8-12)6-7-15/h3-5,8,10,13,15H,6-7,9H2,1-2H3,(H,16,17). The first-order chi connectivity index (χ1) is 8.52. The van der Waals surface area contributed by atoms with Gasteiger partial charge in [0.25, 0.3) is 0 Å². The van der Waals surface area contributed by atoms with E-state index in [1.807, 2.05) is 38.1 Å². The van der Waals surface area contributed by atoms with Gasteiger partial charge in [-0.3, -0.25) is 0 Å². The Labute approximate surface area is 107 Å². The topological polar surface area (TPSA) is 66.8 Å². The summed E-state index contributed by atoms with van der Waals surface area (Å²) in [5.74, 6) is -0.948. The number of rotatable bonds is 7. The summed E-state index contributed by atoms with van der Waals surface area (Å²) in [5, 5.41) is 18.0. The smallest absolute Gasteiger partial charge is 0.333 e. The highest BCUT2D eigenvalue weighted by Crippen LogP contribution is 2.11. The second kappa shape index (κ2) is 7.13. The van der Waals surface area contributed by atoms with Crippen molar-refractivity contribution < 1.29 is 19.7 Å². The Hall–Kier alpha value is -1.39. The second-order valence-electron chi connectivity index (χ2n) is 4.51. The summed E-state index contributed by atoms with van der Waals surface area (Å²) in [7, 11) is 0. The van der Waals surface area contributed by atoms with E-state index in [1.54, 1.807) is 0 Å². The van der Waals surface area contributed by atoms with Crippen LogP contribution in [0.1, 0.15) is 25.0 Å². The Morgan fingerprint density at radius 3 is 2.56 bits per heavy atom. The van der Waals surface area contributed by atoms with Crippen molar-refractivity contribution in [1.29, 1.82) is 0 Å². The zero-order valence-corrected chi connectivity index (χ0v) is 10.8. The van der Waals surface area contributed by atoms with E-state index < -0.39 is 12.1 Å². The van der Waals surface area contributed by atoms with E-state index in [1.165, 1.54) is 0 Å². The van der Waals surface area contributed by atoms with Crippen molar-refractivity contribution in [2.75, 3.05) is 6.61 Å². The van der Waals surface area contributed by atoms with Crippen molar-refractivity contribution in [2.24, 2.45) is 0 Å². The zero-order valence-electron chi connectivity index (χ0n) is 10.8. The summed E-state index contributed by atoms with van der Waals surface area (Å²) in [6, 6.07) is 7.57. The fraction of sp³-hybridized carbons (Fsp3) is 0.500. The summed E-state index contributed by atoms with van der Waals surface area (Å²) in [6.45, 7) is 3.73. The Bertz CT molecular complexity index is 387. The number of hydrogen-bond acceptors (Lipinski definition) is 3. The lowest BCUT2D eigenvalue weighted by Crippen LogP contribution is -2.29. The number of aliphatic carboxylic acids is 1. The monoisotopic (exact) mass is 252 g/mol. The Morgan fingerprint density at radius 1 is 1.33 bits per heavy atom. The zero-order chi connectivity index (χ0) is 13.5. The van der Waals surface area contributed by atoms with Gasteiger partial charge in [-0.2, -0.15) is 0 Å². The summed E-state index contributed by atoms with van der Waals surface area (Å²) < 4.78 is 5.37. The quantitative estimate of drug-likeness (QED) is 0.774. The van der Waals surface area contributed by atoms with Crippen LogP contribution >= 0.6 is 0 Å². The predicted octanol–water partition coefficient (Wildman–Crippen LogP) is 1.64. The average molecular weight is 252 g/mol. The molecule has 1 atom stereocenters. The molecule has 2 N–H and O–H groups in total. The summed E-state index contributed by atoms with van der Waals surface area (Å²) in [6.07, 6.45) is -0.0234. The van der Waals surface area contributed by atoms with Crippen LogP contribution in [-0.4, -0.2) is 35.0 Å². The van der Waals surface area contributed by atoms with E-state index in [-0.39, 0.29) is 12.7 Å². The van der Waals surface area contributed by atoms with Crippen molar-refractivity contribution in [1.82, 2.24) is 0 Å². The molecule has 0 aliphatic rings. The molecular weight excluding hydrogens is 232 g/mol. The van der Waals surface area contributed by atoms with Gasteiger partial charge in [0.2, 0.25) is 0 Å². The molecule has 0 aliphatic heterocycles. The van der Waals surface area contributed by atoms with E-state index in [0.29, 0.717) is 12.8 Å². The molecule has 4 nitrogen and oxygen atoms in total. The first-order valence-electron chi connectivity index (χ1n) is 6.10.